The normalized spacial score (nSPS) is 19.4. The molecule has 0 radical (unpaired) electrons. The van der Waals surface area contributed by atoms with Gasteiger partial charge in [-0.05, 0) is 56.2 Å². The molecule has 3 rings (SSSR count). The van der Waals surface area contributed by atoms with Crippen LogP contribution in [0.25, 0.3) is 6.08 Å². The third-order valence-corrected chi connectivity index (χ3v) is 4.78. The summed E-state index contributed by atoms with van der Waals surface area (Å²) in [5.74, 6) is -1.20. The maximum atomic E-state index is 12.6. The van der Waals surface area contributed by atoms with Crippen molar-refractivity contribution < 1.29 is 14.3 Å². The first-order chi connectivity index (χ1) is 12.2. The SMILES string of the molecule is CCOC(=O)C(=O)C1=C(N2CCCCC2)/C(=C/c2ccccc2)CC1. The minimum absolute atomic E-state index is 0.226. The first-order valence-electron chi connectivity index (χ1n) is 9.16. The fraction of sp³-hybridized carbons (Fsp3) is 0.429. The molecule has 1 aromatic rings. The molecule has 1 fully saturated rings. The van der Waals surface area contributed by atoms with Crippen molar-refractivity contribution >= 4 is 17.8 Å². The highest BCUT2D eigenvalue weighted by Gasteiger charge is 2.32. The van der Waals surface area contributed by atoms with Gasteiger partial charge in [0.25, 0.3) is 5.78 Å². The van der Waals surface area contributed by atoms with Gasteiger partial charge in [0.05, 0.1) is 6.61 Å². The molecular formula is C21H25NO3. The maximum Gasteiger partial charge on any atom is 0.379 e. The molecule has 1 heterocycles. The van der Waals surface area contributed by atoms with Crippen molar-refractivity contribution in [3.8, 4) is 0 Å². The molecule has 0 unspecified atom stereocenters. The highest BCUT2D eigenvalue weighted by Crippen LogP contribution is 2.37. The Morgan fingerprint density at radius 2 is 1.80 bits per heavy atom. The molecule has 1 aliphatic heterocycles. The Balaban J connectivity index is 1.97. The van der Waals surface area contributed by atoms with Gasteiger partial charge in [0.15, 0.2) is 0 Å². The molecule has 0 N–H and O–H groups in total. The standard InChI is InChI=1S/C21H25NO3/c1-2-25-21(24)20(23)18-12-11-17(15-16-9-5-3-6-10-16)19(18)22-13-7-4-8-14-22/h3,5-6,9-10,15H,2,4,7-8,11-14H2,1H3/b17-15+. The lowest BCUT2D eigenvalue weighted by Gasteiger charge is -2.31. The minimum atomic E-state index is -0.729. The summed E-state index contributed by atoms with van der Waals surface area (Å²) in [6, 6.07) is 10.1. The van der Waals surface area contributed by atoms with Crippen LogP contribution in [-0.4, -0.2) is 36.3 Å². The van der Waals surface area contributed by atoms with Crippen molar-refractivity contribution in [1.29, 1.82) is 0 Å². The lowest BCUT2D eigenvalue weighted by molar-refractivity contribution is -0.151. The van der Waals surface area contributed by atoms with Gasteiger partial charge in [0, 0.05) is 24.4 Å². The zero-order valence-corrected chi connectivity index (χ0v) is 14.8. The largest absolute Gasteiger partial charge is 0.460 e. The lowest BCUT2D eigenvalue weighted by atomic mass is 10.0. The summed E-state index contributed by atoms with van der Waals surface area (Å²) in [6.45, 7) is 3.84. The quantitative estimate of drug-likeness (QED) is 0.606. The van der Waals surface area contributed by atoms with E-state index in [0.717, 1.165) is 49.2 Å². The Bertz CT molecular complexity index is 697. The van der Waals surface area contributed by atoms with E-state index in [-0.39, 0.29) is 6.61 Å². The monoisotopic (exact) mass is 339 g/mol. The first-order valence-corrected chi connectivity index (χ1v) is 9.16. The molecule has 0 atom stereocenters. The molecule has 0 spiro atoms. The van der Waals surface area contributed by atoms with Crippen LogP contribution in [0.3, 0.4) is 0 Å². The second-order valence-corrected chi connectivity index (χ2v) is 6.50. The summed E-state index contributed by atoms with van der Waals surface area (Å²) in [5, 5.41) is 0. The van der Waals surface area contributed by atoms with E-state index in [1.165, 1.54) is 6.42 Å². The summed E-state index contributed by atoms with van der Waals surface area (Å²) >= 11 is 0. The average molecular weight is 339 g/mol. The van der Waals surface area contributed by atoms with Gasteiger partial charge in [0.2, 0.25) is 0 Å². The number of ether oxygens (including phenoxy) is 1. The molecule has 132 valence electrons. The summed E-state index contributed by atoms with van der Waals surface area (Å²) in [4.78, 5) is 26.9. The van der Waals surface area contributed by atoms with Gasteiger partial charge < -0.3 is 9.64 Å². The number of benzene rings is 1. The van der Waals surface area contributed by atoms with E-state index in [9.17, 15) is 9.59 Å². The van der Waals surface area contributed by atoms with Gasteiger partial charge in [-0.25, -0.2) is 4.79 Å². The molecule has 1 aromatic carbocycles. The van der Waals surface area contributed by atoms with E-state index in [0.29, 0.717) is 12.0 Å². The number of carbonyl (C=O) groups is 2. The number of likely N-dealkylation sites (tertiary alicyclic amines) is 1. The third kappa shape index (κ3) is 4.01. The summed E-state index contributed by atoms with van der Waals surface area (Å²) in [7, 11) is 0. The molecule has 1 saturated heterocycles. The number of rotatable bonds is 5. The lowest BCUT2D eigenvalue weighted by Crippen LogP contribution is -2.31. The van der Waals surface area contributed by atoms with Crippen LogP contribution in [0.1, 0.15) is 44.6 Å². The van der Waals surface area contributed by atoms with Crippen LogP contribution in [0.15, 0.2) is 47.2 Å². The Hall–Kier alpha value is -2.36. The van der Waals surface area contributed by atoms with Gasteiger partial charge in [-0.15, -0.1) is 0 Å². The molecule has 4 nitrogen and oxygen atoms in total. The van der Waals surface area contributed by atoms with Crippen LogP contribution in [0.4, 0.5) is 0 Å². The van der Waals surface area contributed by atoms with Crippen LogP contribution in [0, 0.1) is 0 Å². The molecular weight excluding hydrogens is 314 g/mol. The van der Waals surface area contributed by atoms with Crippen molar-refractivity contribution in [2.24, 2.45) is 0 Å². The van der Waals surface area contributed by atoms with Crippen molar-refractivity contribution in [2.45, 2.75) is 39.0 Å². The topological polar surface area (TPSA) is 46.6 Å². The summed E-state index contributed by atoms with van der Waals surface area (Å²) < 4.78 is 4.94. The average Bonchev–Trinajstić information content (AvgIpc) is 3.06. The van der Waals surface area contributed by atoms with Crippen molar-refractivity contribution in [3.63, 3.8) is 0 Å². The zero-order chi connectivity index (χ0) is 17.6. The summed E-state index contributed by atoms with van der Waals surface area (Å²) in [5.41, 5.74) is 3.88. The van der Waals surface area contributed by atoms with E-state index in [1.54, 1.807) is 6.92 Å². The van der Waals surface area contributed by atoms with Crippen LogP contribution in [-0.2, 0) is 14.3 Å². The summed E-state index contributed by atoms with van der Waals surface area (Å²) in [6.07, 6.45) is 7.04. The second-order valence-electron chi connectivity index (χ2n) is 6.50. The molecule has 1 aliphatic carbocycles. The van der Waals surface area contributed by atoms with Gasteiger partial charge in [-0.1, -0.05) is 30.3 Å². The Labute approximate surface area is 149 Å². The van der Waals surface area contributed by atoms with E-state index in [1.807, 2.05) is 18.2 Å². The smallest absolute Gasteiger partial charge is 0.379 e. The zero-order valence-electron chi connectivity index (χ0n) is 14.8. The van der Waals surface area contributed by atoms with Crippen molar-refractivity contribution in [3.05, 3.63) is 52.7 Å². The number of carbonyl (C=O) groups excluding carboxylic acids is 2. The Morgan fingerprint density at radius 3 is 2.48 bits per heavy atom. The number of hydrogen-bond acceptors (Lipinski definition) is 4. The Morgan fingerprint density at radius 1 is 1.08 bits per heavy atom. The first kappa shape index (κ1) is 17.5. The number of hydrogen-bond donors (Lipinski definition) is 0. The van der Waals surface area contributed by atoms with Gasteiger partial charge in [-0.2, -0.15) is 0 Å². The Kier molecular flexibility index (Phi) is 5.69. The van der Waals surface area contributed by atoms with Crippen molar-refractivity contribution in [1.82, 2.24) is 4.90 Å². The van der Waals surface area contributed by atoms with E-state index in [2.05, 4.69) is 23.1 Å². The highest BCUT2D eigenvalue weighted by atomic mass is 16.5. The van der Waals surface area contributed by atoms with E-state index >= 15 is 0 Å². The molecule has 25 heavy (non-hydrogen) atoms. The van der Waals surface area contributed by atoms with Crippen LogP contribution in [0.5, 0.6) is 0 Å². The molecule has 0 aromatic heterocycles. The van der Waals surface area contributed by atoms with Crippen LogP contribution >= 0.6 is 0 Å². The number of nitrogens with zero attached hydrogens (tertiary/aromatic N) is 1. The van der Waals surface area contributed by atoms with Crippen LogP contribution in [0.2, 0.25) is 0 Å². The fourth-order valence-corrected chi connectivity index (χ4v) is 3.63. The predicted octanol–water partition coefficient (Wildman–Crippen LogP) is 3.74. The molecule has 4 heteroatoms. The molecule has 2 aliphatic rings. The fourth-order valence-electron chi connectivity index (χ4n) is 3.63. The maximum absolute atomic E-state index is 12.6. The third-order valence-electron chi connectivity index (χ3n) is 4.78. The minimum Gasteiger partial charge on any atom is -0.460 e. The van der Waals surface area contributed by atoms with E-state index in [4.69, 9.17) is 4.74 Å². The number of piperidine rings is 1. The molecule has 0 saturated carbocycles. The van der Waals surface area contributed by atoms with Crippen molar-refractivity contribution in [2.75, 3.05) is 19.7 Å². The number of ketones is 1. The second kappa shape index (κ2) is 8.15. The van der Waals surface area contributed by atoms with Crippen LogP contribution < -0.4 is 0 Å². The molecule has 0 bridgehead atoms. The highest BCUT2D eigenvalue weighted by molar-refractivity contribution is 6.40. The van der Waals surface area contributed by atoms with Gasteiger partial charge in [-0.3, -0.25) is 4.79 Å². The van der Waals surface area contributed by atoms with E-state index < -0.39 is 11.8 Å². The number of esters is 1. The predicted molar refractivity (Wildman–Crippen MR) is 97.7 cm³/mol. The van der Waals surface area contributed by atoms with Gasteiger partial charge in [0.1, 0.15) is 0 Å². The van der Waals surface area contributed by atoms with Gasteiger partial charge >= 0.3 is 5.97 Å². The number of Topliss-reactive ketones (excluding diaryl/α,β-unsaturated/α-hetero) is 1. The molecule has 0 amide bonds. The number of allylic oxidation sites excluding steroid dienone is 1.